The van der Waals surface area contributed by atoms with E-state index in [1.54, 1.807) is 27.7 Å². The molecule has 0 atom stereocenters. The summed E-state index contributed by atoms with van der Waals surface area (Å²) in [6.07, 6.45) is -7.98. The van der Waals surface area contributed by atoms with Crippen molar-refractivity contribution < 1.29 is 27.1 Å². The van der Waals surface area contributed by atoms with Crippen molar-refractivity contribution in [1.29, 1.82) is 0 Å². The molecule has 0 unspecified atom stereocenters. The zero-order valence-electron chi connectivity index (χ0n) is 25.2. The molecule has 116 valence electrons. The van der Waals surface area contributed by atoms with Crippen molar-refractivity contribution in [3.8, 4) is 0 Å². The summed E-state index contributed by atoms with van der Waals surface area (Å²) in [5.41, 5.74) is -1.61. The monoisotopic (exact) mass is 321 g/mol. The molecule has 3 heterocycles. The Morgan fingerprint density at radius 3 is 2.62 bits per heavy atom. The van der Waals surface area contributed by atoms with Crippen LogP contribution >= 0.6 is 11.3 Å². The van der Waals surface area contributed by atoms with Crippen LogP contribution in [-0.2, 0) is 9.31 Å². The van der Waals surface area contributed by atoms with E-state index in [0.717, 1.165) is 0 Å². The predicted octanol–water partition coefficient (Wildman–Crippen LogP) is 2.68. The van der Waals surface area contributed by atoms with Gasteiger partial charge in [0.25, 0.3) is 0 Å². The van der Waals surface area contributed by atoms with Gasteiger partial charge < -0.3 is 14.2 Å². The van der Waals surface area contributed by atoms with Crippen molar-refractivity contribution in [2.45, 2.75) is 58.5 Å². The first-order chi connectivity index (χ1) is 14.8. The zero-order chi connectivity index (χ0) is 26.7. The van der Waals surface area contributed by atoms with Gasteiger partial charge in [-0.25, -0.2) is 4.98 Å². The minimum absolute atomic E-state index is 0.0138. The fourth-order valence-electron chi connectivity index (χ4n) is 1.77. The van der Waals surface area contributed by atoms with E-state index in [-0.39, 0.29) is 9.68 Å². The van der Waals surface area contributed by atoms with Crippen molar-refractivity contribution in [1.82, 2.24) is 4.98 Å². The maximum atomic E-state index is 8.39. The number of hydrogen-bond acceptors (Lipinski definition) is 5. The second-order valence-corrected chi connectivity index (χ2v) is 6.75. The molecule has 0 amide bonds. The van der Waals surface area contributed by atoms with Crippen molar-refractivity contribution in [3.63, 3.8) is 0 Å². The van der Waals surface area contributed by atoms with Crippen molar-refractivity contribution in [3.05, 3.63) is 6.17 Å². The van der Waals surface area contributed by atoms with Gasteiger partial charge in [0.15, 0.2) is 5.13 Å². The van der Waals surface area contributed by atoms with Crippen molar-refractivity contribution >= 4 is 28.4 Å². The molecule has 0 saturated carbocycles. The second kappa shape index (κ2) is 5.25. The molecule has 0 radical (unpaired) electrons. The Bertz CT molecular complexity index is 949. The minimum atomic E-state index is -3.83. The summed E-state index contributed by atoms with van der Waals surface area (Å²) < 4.78 is 118. The number of hydrogen-bond donors (Lipinski definition) is 0. The maximum Gasteiger partial charge on any atom is 0.507 e. The van der Waals surface area contributed by atoms with E-state index in [1.165, 1.54) is 0 Å². The molecule has 21 heavy (non-hydrogen) atoms. The molecule has 0 N–H and O–H groups in total. The van der Waals surface area contributed by atoms with Crippen LogP contribution in [0.15, 0.2) is 6.17 Å². The lowest BCUT2D eigenvalue weighted by Gasteiger charge is -2.32. The van der Waals surface area contributed by atoms with Gasteiger partial charge in [0, 0.05) is 35.6 Å². The average Bonchev–Trinajstić information content (AvgIpc) is 3.07. The molecule has 2 aliphatic rings. The van der Waals surface area contributed by atoms with Gasteiger partial charge in [0.1, 0.15) is 0 Å². The summed E-state index contributed by atoms with van der Waals surface area (Å²) in [6.45, 7) is -3.83. The third kappa shape index (κ3) is 2.85. The van der Waals surface area contributed by atoms with Gasteiger partial charge in [0.05, 0.1) is 17.3 Å². The largest absolute Gasteiger partial charge is 0.507 e. The number of piperidine rings is 1. The number of aromatic nitrogens is 1. The second-order valence-electron chi connectivity index (χ2n) is 5.74. The van der Waals surface area contributed by atoms with Gasteiger partial charge in [-0.15, -0.1) is 11.3 Å². The molecule has 1 aromatic rings. The fraction of sp³-hybridized carbons (Fsp3) is 0.800. The Labute approximate surface area is 150 Å². The normalized spacial score (nSPS) is 46.4. The Hall–Kier alpha value is -0.585. The highest BCUT2D eigenvalue weighted by molar-refractivity contribution is 7.25. The Kier molecular flexibility index (Phi) is 1.53. The molecule has 2 saturated heterocycles. The molecule has 2 aliphatic heterocycles. The first-order valence-electron chi connectivity index (χ1n) is 12.9. The highest BCUT2D eigenvalue weighted by Crippen LogP contribution is 2.37. The summed E-state index contributed by atoms with van der Waals surface area (Å²) >= 11 is 0.541. The van der Waals surface area contributed by atoms with Gasteiger partial charge in [-0.2, -0.15) is 0 Å². The molecule has 2 fully saturated rings. The number of anilines is 1. The number of nitrogens with zero attached hydrogens (tertiary/aromatic N) is 2. The van der Waals surface area contributed by atoms with Gasteiger partial charge in [-0.3, -0.25) is 0 Å². The van der Waals surface area contributed by atoms with Crippen LogP contribution in [0, 0.1) is 5.89 Å². The van der Waals surface area contributed by atoms with Crippen molar-refractivity contribution in [2.75, 3.05) is 17.9 Å². The van der Waals surface area contributed by atoms with Gasteiger partial charge in [-0.1, -0.05) is 6.85 Å². The lowest BCUT2D eigenvalue weighted by molar-refractivity contribution is 0.00578. The first kappa shape index (κ1) is 6.14. The third-order valence-electron chi connectivity index (χ3n) is 3.71. The smallest absolute Gasteiger partial charge is 0.399 e. The molecule has 6 heteroatoms. The number of rotatable bonds is 2. The molecular weight excluding hydrogens is 283 g/mol. The zero-order valence-corrected chi connectivity index (χ0v) is 13.0. The van der Waals surface area contributed by atoms with Crippen LogP contribution in [0.25, 0.3) is 0 Å². The molecule has 1 aromatic heterocycles. The highest BCUT2D eigenvalue weighted by atomic mass is 32.1. The third-order valence-corrected chi connectivity index (χ3v) is 4.67. The van der Waals surface area contributed by atoms with Crippen LogP contribution in [0.3, 0.4) is 0 Å². The summed E-state index contributed by atoms with van der Waals surface area (Å²) in [4.78, 5) is 3.89. The van der Waals surface area contributed by atoms with Crippen LogP contribution in [0.2, 0.25) is 0 Å². The molecule has 0 aliphatic carbocycles. The van der Waals surface area contributed by atoms with E-state index in [2.05, 4.69) is 4.98 Å². The van der Waals surface area contributed by atoms with Crippen molar-refractivity contribution in [2.24, 2.45) is 5.89 Å². The molecular formula is C15H25BN2O2S. The lowest BCUT2D eigenvalue weighted by Crippen LogP contribution is -2.41. The summed E-state index contributed by atoms with van der Waals surface area (Å²) in [7, 11) is -1.13. The molecule has 0 bridgehead atoms. The van der Waals surface area contributed by atoms with E-state index < -0.39 is 68.1 Å². The lowest BCUT2D eigenvalue weighted by atomic mass is 9.89. The van der Waals surface area contributed by atoms with Crippen LogP contribution in [0.4, 0.5) is 5.13 Å². The summed E-state index contributed by atoms with van der Waals surface area (Å²) in [5, 5.41) is -0.620. The van der Waals surface area contributed by atoms with Crippen LogP contribution in [0.1, 0.15) is 65.1 Å². The minimum Gasteiger partial charge on any atom is -0.399 e. The van der Waals surface area contributed by atoms with Crippen LogP contribution in [0.5, 0.6) is 0 Å². The van der Waals surface area contributed by atoms with Gasteiger partial charge in [-0.05, 0) is 46.3 Å². The Balaban J connectivity index is 2.20. The SMILES string of the molecule is [2H]c1nc(N2C([2H])([2H])C([2H])([2H])C([2H])(C([2H])([2H])[2H])C([2H])([2H])C2([2H])[2H])sc1B1OC(C)(C)C(C)(C)O1. The topological polar surface area (TPSA) is 34.6 Å². The van der Waals surface area contributed by atoms with E-state index >= 15 is 0 Å². The highest BCUT2D eigenvalue weighted by Gasteiger charge is 2.52. The number of thiazole rings is 1. The van der Waals surface area contributed by atoms with Gasteiger partial charge >= 0.3 is 7.12 Å². The molecule has 0 spiro atoms. The molecule has 0 aromatic carbocycles. The summed E-state index contributed by atoms with van der Waals surface area (Å²) in [5.74, 6) is -3.83. The molecule has 3 rings (SSSR count). The van der Waals surface area contributed by atoms with E-state index in [4.69, 9.17) is 27.1 Å². The summed E-state index contributed by atoms with van der Waals surface area (Å²) in [6, 6.07) is 0. The first-order valence-corrected chi connectivity index (χ1v) is 7.26. The van der Waals surface area contributed by atoms with Crippen LogP contribution < -0.4 is 9.68 Å². The van der Waals surface area contributed by atoms with Crippen LogP contribution in [-0.4, -0.2) is 36.3 Å². The maximum absolute atomic E-state index is 8.39. The standard InChI is InChI=1S/C15H25BN2O2S/c1-11-6-8-18(9-7-11)13-17-10-12(21-13)16-19-14(2,3)15(4,5)20-16/h10-11H,6-9H2,1-5H3/i1D3,6D2,7D2,8D2,9D2,10D,11D. The van der Waals surface area contributed by atoms with E-state index in [9.17, 15) is 0 Å². The fourth-order valence-corrected chi connectivity index (χ4v) is 2.53. The predicted molar refractivity (Wildman–Crippen MR) is 88.4 cm³/mol. The van der Waals surface area contributed by atoms with E-state index in [0.29, 0.717) is 11.3 Å². The average molecular weight is 321 g/mol. The molecule has 4 nitrogen and oxygen atoms in total. The Morgan fingerprint density at radius 2 is 2.05 bits per heavy atom. The Morgan fingerprint density at radius 1 is 1.43 bits per heavy atom. The quantitative estimate of drug-likeness (QED) is 0.785. The van der Waals surface area contributed by atoms with Gasteiger partial charge in [0.2, 0.25) is 0 Å². The van der Waals surface area contributed by atoms with E-state index in [1.807, 2.05) is 0 Å².